The van der Waals surface area contributed by atoms with Gasteiger partial charge in [-0.05, 0) is 44.0 Å². The maximum atomic E-state index is 4.20. The lowest BCUT2D eigenvalue weighted by Crippen LogP contribution is -2.31. The number of halogens is 2. The van der Waals surface area contributed by atoms with E-state index in [0.29, 0.717) is 5.95 Å². The number of aromatic nitrogens is 3. The Bertz CT molecular complexity index is 391. The van der Waals surface area contributed by atoms with Crippen molar-refractivity contribution in [3.8, 4) is 5.95 Å². The maximum Gasteiger partial charge on any atom is 0.235 e. The third-order valence-corrected chi connectivity index (χ3v) is 3.15. The molecule has 0 aromatic carbocycles. The van der Waals surface area contributed by atoms with Crippen LogP contribution in [0.15, 0.2) is 39.8 Å². The molecule has 0 saturated heterocycles. The second kappa shape index (κ2) is 3.59. The Morgan fingerprint density at radius 3 is 2.38 bits per heavy atom. The van der Waals surface area contributed by atoms with Gasteiger partial charge < -0.3 is 0 Å². The highest BCUT2D eigenvalue weighted by atomic mass is 79.9. The number of pyridine rings is 1. The van der Waals surface area contributed by atoms with Crippen LogP contribution in [0.2, 0.25) is 0 Å². The fraction of sp³-hybridized carbons (Fsp3) is 0. The van der Waals surface area contributed by atoms with Crippen molar-refractivity contribution in [3.05, 3.63) is 39.8 Å². The second-order valence-electron chi connectivity index (χ2n) is 2.39. The first kappa shape index (κ1) is 8.90. The fourth-order valence-electron chi connectivity index (χ4n) is 0.940. The number of imidazole rings is 1. The van der Waals surface area contributed by atoms with Crippen LogP contribution in [0.1, 0.15) is 0 Å². The monoisotopic (exact) mass is 301 g/mol. The molecule has 0 radical (unpaired) electrons. The standard InChI is InChI=1S/C8H5Br2N3/c9-6-7(10)12-8(11-6)13-4-2-1-3-5-13/h1-5H. The highest BCUT2D eigenvalue weighted by Gasteiger charge is 2.06. The molecule has 0 amide bonds. The summed E-state index contributed by atoms with van der Waals surface area (Å²) in [7, 11) is 0. The van der Waals surface area contributed by atoms with Crippen molar-refractivity contribution in [3.63, 3.8) is 0 Å². The molecular weight excluding hydrogens is 298 g/mol. The molecule has 2 heterocycles. The molecule has 0 atom stereocenters. The van der Waals surface area contributed by atoms with Crippen LogP contribution in [-0.4, -0.2) is 4.98 Å². The first-order valence-electron chi connectivity index (χ1n) is 3.60. The zero-order chi connectivity index (χ0) is 9.26. The molecule has 0 unspecified atom stereocenters. The normalized spacial score (nSPS) is 10.3. The van der Waals surface area contributed by atoms with Crippen LogP contribution in [0.3, 0.4) is 0 Å². The Hall–Kier alpha value is -0.680. The van der Waals surface area contributed by atoms with E-state index in [1.807, 2.05) is 35.2 Å². The summed E-state index contributed by atoms with van der Waals surface area (Å²) in [6.07, 6.45) is 3.79. The Morgan fingerprint density at radius 1 is 1.15 bits per heavy atom. The van der Waals surface area contributed by atoms with Crippen molar-refractivity contribution in [1.29, 1.82) is 0 Å². The molecule has 0 aliphatic rings. The van der Waals surface area contributed by atoms with Crippen LogP contribution in [0.5, 0.6) is 0 Å². The third kappa shape index (κ3) is 1.81. The minimum Gasteiger partial charge on any atom is -0.293 e. The molecule has 0 fully saturated rings. The van der Waals surface area contributed by atoms with Gasteiger partial charge in [0.1, 0.15) is 9.21 Å². The van der Waals surface area contributed by atoms with Crippen LogP contribution in [0, 0.1) is 0 Å². The lowest BCUT2D eigenvalue weighted by Gasteiger charge is -1.97. The van der Waals surface area contributed by atoms with Gasteiger partial charge in [-0.3, -0.25) is 4.57 Å². The quantitative estimate of drug-likeness (QED) is 0.753. The molecule has 0 aliphatic heterocycles. The van der Waals surface area contributed by atoms with Crippen molar-refractivity contribution >= 4 is 31.9 Å². The third-order valence-electron chi connectivity index (χ3n) is 1.51. The first-order chi connectivity index (χ1) is 6.27. The predicted molar refractivity (Wildman–Crippen MR) is 54.5 cm³/mol. The summed E-state index contributed by atoms with van der Waals surface area (Å²) in [5, 5.41) is 0. The van der Waals surface area contributed by atoms with Gasteiger partial charge in [0, 0.05) is 12.4 Å². The number of hydrogen-bond donors (Lipinski definition) is 0. The molecule has 0 saturated carbocycles. The van der Waals surface area contributed by atoms with E-state index in [9.17, 15) is 0 Å². The SMILES string of the molecule is Brc1nc(-[n+]2ccccc2)[n-]c1Br. The summed E-state index contributed by atoms with van der Waals surface area (Å²) in [4.78, 5) is 8.40. The van der Waals surface area contributed by atoms with Crippen LogP contribution in [0.25, 0.3) is 5.95 Å². The highest BCUT2D eigenvalue weighted by Crippen LogP contribution is 2.17. The zero-order valence-electron chi connectivity index (χ0n) is 6.48. The first-order valence-corrected chi connectivity index (χ1v) is 5.18. The van der Waals surface area contributed by atoms with E-state index in [4.69, 9.17) is 0 Å². The molecular formula is C8H5Br2N3. The molecule has 0 aliphatic carbocycles. The molecule has 2 rings (SSSR count). The summed E-state index contributed by atoms with van der Waals surface area (Å²) in [6.45, 7) is 0. The lowest BCUT2D eigenvalue weighted by molar-refractivity contribution is -0.603. The molecule has 3 nitrogen and oxygen atoms in total. The van der Waals surface area contributed by atoms with Gasteiger partial charge in [-0.25, -0.2) is 9.97 Å². The molecule has 2 aromatic heterocycles. The van der Waals surface area contributed by atoms with Crippen molar-refractivity contribution in [2.75, 3.05) is 0 Å². The fourth-order valence-corrected chi connectivity index (χ4v) is 1.43. The smallest absolute Gasteiger partial charge is 0.235 e. The van der Waals surface area contributed by atoms with E-state index in [0.717, 1.165) is 9.21 Å². The second-order valence-corrected chi connectivity index (χ2v) is 3.89. The summed E-state index contributed by atoms with van der Waals surface area (Å²) < 4.78 is 3.29. The van der Waals surface area contributed by atoms with Gasteiger partial charge in [0.25, 0.3) is 0 Å². The predicted octanol–water partition coefficient (Wildman–Crippen LogP) is 1.84. The van der Waals surface area contributed by atoms with Crippen LogP contribution < -0.4 is 9.55 Å². The number of rotatable bonds is 1. The number of nitrogens with zero attached hydrogens (tertiary/aromatic N) is 3. The van der Waals surface area contributed by atoms with Gasteiger partial charge in [0.2, 0.25) is 5.95 Å². The molecule has 0 spiro atoms. The topological polar surface area (TPSA) is 30.9 Å². The van der Waals surface area contributed by atoms with E-state index in [-0.39, 0.29) is 0 Å². The van der Waals surface area contributed by atoms with E-state index in [2.05, 4.69) is 41.8 Å². The van der Waals surface area contributed by atoms with Crippen LogP contribution >= 0.6 is 31.9 Å². The Balaban J connectivity index is 2.48. The van der Waals surface area contributed by atoms with Gasteiger partial charge in [-0.1, -0.05) is 6.07 Å². The molecule has 5 heteroatoms. The maximum absolute atomic E-state index is 4.20. The number of hydrogen-bond acceptors (Lipinski definition) is 1. The van der Waals surface area contributed by atoms with Gasteiger partial charge in [-0.15, -0.1) is 0 Å². The summed E-state index contributed by atoms with van der Waals surface area (Å²) in [5.41, 5.74) is 0. The average Bonchev–Trinajstić information content (AvgIpc) is 2.49. The van der Waals surface area contributed by atoms with Gasteiger partial charge >= 0.3 is 0 Å². The van der Waals surface area contributed by atoms with E-state index in [1.54, 1.807) is 0 Å². The van der Waals surface area contributed by atoms with E-state index in [1.165, 1.54) is 0 Å². The van der Waals surface area contributed by atoms with E-state index >= 15 is 0 Å². The minimum atomic E-state index is 0.652. The zero-order valence-corrected chi connectivity index (χ0v) is 9.66. The van der Waals surface area contributed by atoms with Gasteiger partial charge in [0.05, 0.1) is 0 Å². The molecule has 0 N–H and O–H groups in total. The van der Waals surface area contributed by atoms with Crippen molar-refractivity contribution < 1.29 is 4.57 Å². The molecule has 13 heavy (non-hydrogen) atoms. The van der Waals surface area contributed by atoms with Gasteiger partial charge in [-0.2, -0.15) is 0 Å². The summed E-state index contributed by atoms with van der Waals surface area (Å²) in [5.74, 6) is 0.652. The van der Waals surface area contributed by atoms with Crippen molar-refractivity contribution in [2.45, 2.75) is 0 Å². The summed E-state index contributed by atoms with van der Waals surface area (Å²) in [6, 6.07) is 5.81. The molecule has 2 aromatic rings. The Morgan fingerprint density at radius 2 is 1.85 bits per heavy atom. The minimum absolute atomic E-state index is 0.652. The van der Waals surface area contributed by atoms with Crippen LogP contribution in [0.4, 0.5) is 0 Å². The average molecular weight is 303 g/mol. The highest BCUT2D eigenvalue weighted by molar-refractivity contribution is 9.13. The summed E-state index contributed by atoms with van der Waals surface area (Å²) >= 11 is 6.56. The lowest BCUT2D eigenvalue weighted by atomic mass is 10.5. The largest absolute Gasteiger partial charge is 0.293 e. The van der Waals surface area contributed by atoms with Gasteiger partial charge in [0.15, 0.2) is 0 Å². The van der Waals surface area contributed by atoms with Crippen LogP contribution in [-0.2, 0) is 0 Å². The van der Waals surface area contributed by atoms with Crippen molar-refractivity contribution in [1.82, 2.24) is 9.97 Å². The molecule has 66 valence electrons. The Labute approximate surface area is 92.1 Å². The van der Waals surface area contributed by atoms with Crippen molar-refractivity contribution in [2.24, 2.45) is 0 Å². The van der Waals surface area contributed by atoms with E-state index < -0.39 is 0 Å². The molecule has 0 bridgehead atoms. The Kier molecular flexibility index (Phi) is 2.46.